The van der Waals surface area contributed by atoms with E-state index in [1.165, 1.54) is 12.5 Å². The molecule has 0 aliphatic heterocycles. The maximum absolute atomic E-state index is 13.4. The molecule has 4 aliphatic rings. The molecule has 0 unspecified atom stereocenters. The quantitative estimate of drug-likeness (QED) is 0.519. The van der Waals surface area contributed by atoms with E-state index in [-0.39, 0.29) is 46.4 Å². The van der Waals surface area contributed by atoms with E-state index in [1.807, 2.05) is 6.92 Å². The van der Waals surface area contributed by atoms with Crippen molar-refractivity contribution in [3.05, 3.63) is 11.6 Å². The first-order valence-electron chi connectivity index (χ1n) is 13.6. The summed E-state index contributed by atoms with van der Waals surface area (Å²) in [5.41, 5.74) is 1.52. The molecular formula is C29H45NO4. The highest BCUT2D eigenvalue weighted by molar-refractivity contribution is 5.92. The van der Waals surface area contributed by atoms with Crippen molar-refractivity contribution in [3.63, 3.8) is 0 Å². The number of hydrogen-bond donors (Lipinski definition) is 2. The van der Waals surface area contributed by atoms with Gasteiger partial charge >= 0.3 is 0 Å². The lowest BCUT2D eigenvalue weighted by atomic mass is 9.47. The van der Waals surface area contributed by atoms with Gasteiger partial charge in [0.1, 0.15) is 11.6 Å². The fraction of sp³-hybridized carbons (Fsp3) is 0.828. The molecule has 2 N–H and O–H groups in total. The maximum atomic E-state index is 13.4. The third-order valence-corrected chi connectivity index (χ3v) is 10.6. The summed E-state index contributed by atoms with van der Waals surface area (Å²) < 4.78 is 0. The van der Waals surface area contributed by atoms with Crippen molar-refractivity contribution >= 4 is 17.5 Å². The van der Waals surface area contributed by atoms with E-state index in [0.717, 1.165) is 44.9 Å². The van der Waals surface area contributed by atoms with E-state index in [2.05, 4.69) is 32.2 Å². The summed E-state index contributed by atoms with van der Waals surface area (Å²) in [6, 6.07) is 0. The Bertz CT molecular complexity index is 864. The minimum atomic E-state index is -0.234. The monoisotopic (exact) mass is 471 g/mol. The first-order valence-corrected chi connectivity index (χ1v) is 13.6. The van der Waals surface area contributed by atoms with Crippen molar-refractivity contribution in [2.24, 2.45) is 46.3 Å². The summed E-state index contributed by atoms with van der Waals surface area (Å²) in [6.07, 6.45) is 9.96. The van der Waals surface area contributed by atoms with Crippen LogP contribution < -0.4 is 5.32 Å². The molecule has 34 heavy (non-hydrogen) atoms. The lowest BCUT2D eigenvalue weighted by Crippen LogP contribution is -2.51. The zero-order valence-electron chi connectivity index (χ0n) is 21.9. The second-order valence-electron chi connectivity index (χ2n) is 12.7. The molecule has 9 atom stereocenters. The smallest absolute Gasteiger partial charge is 0.216 e. The Labute approximate surface area is 205 Å². The van der Waals surface area contributed by atoms with Gasteiger partial charge < -0.3 is 10.4 Å². The van der Waals surface area contributed by atoms with Crippen LogP contribution in [0.25, 0.3) is 0 Å². The molecule has 3 saturated carbocycles. The van der Waals surface area contributed by atoms with E-state index >= 15 is 0 Å². The van der Waals surface area contributed by atoms with Gasteiger partial charge in [0.2, 0.25) is 5.91 Å². The first kappa shape index (κ1) is 25.6. The van der Waals surface area contributed by atoms with Crippen LogP contribution in [-0.2, 0) is 14.4 Å². The van der Waals surface area contributed by atoms with Crippen molar-refractivity contribution in [3.8, 4) is 0 Å². The lowest BCUT2D eigenvalue weighted by molar-refractivity contribution is -0.134. The topological polar surface area (TPSA) is 83.5 Å². The Kier molecular flexibility index (Phi) is 7.17. The fourth-order valence-corrected chi connectivity index (χ4v) is 8.54. The number of rotatable bonds is 7. The van der Waals surface area contributed by atoms with Gasteiger partial charge in [-0.15, -0.1) is 0 Å². The van der Waals surface area contributed by atoms with Crippen molar-refractivity contribution in [1.29, 1.82) is 0 Å². The molecule has 0 saturated heterocycles. The van der Waals surface area contributed by atoms with Crippen LogP contribution in [0.3, 0.4) is 0 Å². The number of ketones is 2. The maximum Gasteiger partial charge on any atom is 0.216 e. The van der Waals surface area contributed by atoms with E-state index in [9.17, 15) is 19.5 Å². The van der Waals surface area contributed by atoms with Crippen LogP contribution in [0.5, 0.6) is 0 Å². The molecule has 0 spiro atoms. The minimum absolute atomic E-state index is 0.0411. The average Bonchev–Trinajstić information content (AvgIpc) is 3.05. The van der Waals surface area contributed by atoms with Crippen LogP contribution in [0, 0.1) is 46.3 Å². The number of hydrogen-bond acceptors (Lipinski definition) is 4. The van der Waals surface area contributed by atoms with Gasteiger partial charge in [0.15, 0.2) is 0 Å². The predicted molar refractivity (Wildman–Crippen MR) is 133 cm³/mol. The zero-order valence-corrected chi connectivity index (χ0v) is 21.9. The second kappa shape index (κ2) is 9.52. The number of amides is 1. The summed E-state index contributed by atoms with van der Waals surface area (Å²) in [7, 11) is 0. The van der Waals surface area contributed by atoms with Crippen molar-refractivity contribution in [2.45, 2.75) is 98.5 Å². The summed E-state index contributed by atoms with van der Waals surface area (Å²) in [4.78, 5) is 37.8. The number of carbonyl (C=O) groups excluding carboxylic acids is 3. The molecule has 4 aliphatic carbocycles. The Balaban J connectivity index is 1.46. The summed E-state index contributed by atoms with van der Waals surface area (Å²) in [5, 5.41) is 13.1. The number of carbonyl (C=O) groups is 3. The molecule has 5 nitrogen and oxygen atoms in total. The zero-order chi connectivity index (χ0) is 24.8. The molecule has 5 heteroatoms. The molecule has 0 heterocycles. The van der Waals surface area contributed by atoms with Crippen LogP contribution in [0.1, 0.15) is 92.4 Å². The van der Waals surface area contributed by atoms with Crippen molar-refractivity contribution in [1.82, 2.24) is 5.32 Å². The fourth-order valence-electron chi connectivity index (χ4n) is 8.54. The Hall–Kier alpha value is -1.49. The Morgan fingerprint density at radius 3 is 2.59 bits per heavy atom. The van der Waals surface area contributed by atoms with Gasteiger partial charge in [-0.3, -0.25) is 14.4 Å². The molecule has 0 aromatic rings. The highest BCUT2D eigenvalue weighted by Gasteiger charge is 2.62. The standard InChI is InChI=1S/C29H45NO4/c1-17(16-30-19(3)31)6-9-25(33)18(2)27-26(34)15-24-22-8-7-20-14-21(32)10-12-28(20,4)23(22)11-13-29(24,27)5/h7,17-18,21-24,27,32H,6,8-16H2,1-5H3,(H,30,31)/t17-,18+,21-,22-,23+,24+,27+,28-,29-/m0/s1. The Morgan fingerprint density at radius 2 is 1.88 bits per heavy atom. The van der Waals surface area contributed by atoms with Crippen LogP contribution in [0.2, 0.25) is 0 Å². The highest BCUT2D eigenvalue weighted by Crippen LogP contribution is 2.66. The van der Waals surface area contributed by atoms with Crippen molar-refractivity contribution < 1.29 is 19.5 Å². The number of Topliss-reactive ketones (excluding diaryl/α,β-unsaturated/α-hetero) is 2. The molecule has 0 radical (unpaired) electrons. The summed E-state index contributed by atoms with van der Waals surface area (Å²) in [5.74, 6) is 1.78. The lowest BCUT2D eigenvalue weighted by Gasteiger charge is -2.58. The van der Waals surface area contributed by atoms with Crippen LogP contribution in [0.15, 0.2) is 11.6 Å². The number of aliphatic hydroxyl groups is 1. The number of allylic oxidation sites excluding steroid dienone is 1. The number of aliphatic hydroxyl groups excluding tert-OH is 1. The van der Waals surface area contributed by atoms with Crippen LogP contribution >= 0.6 is 0 Å². The van der Waals surface area contributed by atoms with Crippen LogP contribution in [-0.4, -0.2) is 35.2 Å². The van der Waals surface area contributed by atoms with Gasteiger partial charge in [0.25, 0.3) is 0 Å². The molecule has 0 bridgehead atoms. The van der Waals surface area contributed by atoms with E-state index in [1.54, 1.807) is 0 Å². The Morgan fingerprint density at radius 1 is 1.15 bits per heavy atom. The van der Waals surface area contributed by atoms with E-state index in [4.69, 9.17) is 0 Å². The molecule has 3 fully saturated rings. The number of fused-ring (bicyclic) bond motifs is 5. The molecular weight excluding hydrogens is 426 g/mol. The number of nitrogens with one attached hydrogen (secondary N) is 1. The SMILES string of the molecule is CC(=O)NC[C@@H](C)CCC(=O)[C@@H](C)[C@@H]1C(=O)C[C@@H]2[C@H]3CC=C4C[C@@H](O)CC[C@]4(C)[C@@H]3CC[C@@]21C. The third kappa shape index (κ3) is 4.42. The minimum Gasteiger partial charge on any atom is -0.393 e. The van der Waals surface area contributed by atoms with Crippen molar-refractivity contribution in [2.75, 3.05) is 6.54 Å². The molecule has 190 valence electrons. The van der Waals surface area contributed by atoms with Crippen LogP contribution in [0.4, 0.5) is 0 Å². The highest BCUT2D eigenvalue weighted by atomic mass is 16.3. The molecule has 1 amide bonds. The van der Waals surface area contributed by atoms with E-state index < -0.39 is 0 Å². The normalized spacial score (nSPS) is 40.9. The average molecular weight is 472 g/mol. The van der Waals surface area contributed by atoms with Gasteiger partial charge in [-0.05, 0) is 79.4 Å². The van der Waals surface area contributed by atoms with E-state index in [0.29, 0.717) is 42.9 Å². The largest absolute Gasteiger partial charge is 0.393 e. The molecule has 0 aromatic carbocycles. The van der Waals surface area contributed by atoms with Gasteiger partial charge in [0.05, 0.1) is 6.10 Å². The van der Waals surface area contributed by atoms with Gasteiger partial charge in [-0.2, -0.15) is 0 Å². The first-order chi connectivity index (χ1) is 16.0. The predicted octanol–water partition coefficient (Wildman–Crippen LogP) is 4.86. The third-order valence-electron chi connectivity index (χ3n) is 10.6. The molecule has 4 rings (SSSR count). The molecule has 0 aromatic heterocycles. The van der Waals surface area contributed by atoms with Gasteiger partial charge in [-0.1, -0.05) is 39.3 Å². The second-order valence-corrected chi connectivity index (χ2v) is 12.7. The van der Waals surface area contributed by atoms with Gasteiger partial charge in [-0.25, -0.2) is 0 Å². The van der Waals surface area contributed by atoms with Gasteiger partial charge in [0, 0.05) is 38.1 Å². The summed E-state index contributed by atoms with van der Waals surface area (Å²) in [6.45, 7) is 10.9. The summed E-state index contributed by atoms with van der Waals surface area (Å²) >= 11 is 0.